The molecule has 17 heavy (non-hydrogen) atoms. The topological polar surface area (TPSA) is 70.9 Å². The van der Waals surface area contributed by atoms with Gasteiger partial charge in [-0.2, -0.15) is 15.0 Å². The van der Waals surface area contributed by atoms with Crippen LogP contribution in [-0.4, -0.2) is 32.2 Å². The Kier molecular flexibility index (Phi) is 4.91. The van der Waals surface area contributed by atoms with E-state index in [1.54, 1.807) is 6.92 Å². The quantitative estimate of drug-likeness (QED) is 0.866. The average Bonchev–Trinajstić information content (AvgIpc) is 2.11. The summed E-state index contributed by atoms with van der Waals surface area (Å²) in [5.74, 6) is 0.663. The predicted octanol–water partition coefficient (Wildman–Crippen LogP) is 2.39. The lowest BCUT2D eigenvalue weighted by molar-refractivity contribution is 0.0514. The first-order valence-corrected chi connectivity index (χ1v) is 6.07. The van der Waals surface area contributed by atoms with E-state index in [9.17, 15) is 5.11 Å². The van der Waals surface area contributed by atoms with Gasteiger partial charge >= 0.3 is 0 Å². The Morgan fingerprint density at radius 3 is 2.24 bits per heavy atom. The molecule has 0 fully saturated rings. The zero-order valence-corrected chi connectivity index (χ0v) is 11.5. The molecule has 0 amide bonds. The summed E-state index contributed by atoms with van der Waals surface area (Å²) >= 11 is 11.3. The van der Waals surface area contributed by atoms with Crippen LogP contribution in [0.1, 0.15) is 27.2 Å². The molecule has 1 rings (SSSR count). The molecule has 2 N–H and O–H groups in total. The van der Waals surface area contributed by atoms with Gasteiger partial charge < -0.3 is 10.4 Å². The Bertz CT molecular complexity index is 364. The van der Waals surface area contributed by atoms with Crippen LogP contribution < -0.4 is 5.32 Å². The van der Waals surface area contributed by atoms with Crippen molar-refractivity contribution in [2.75, 3.05) is 11.9 Å². The highest BCUT2D eigenvalue weighted by atomic mass is 35.5. The van der Waals surface area contributed by atoms with Crippen molar-refractivity contribution in [2.24, 2.45) is 5.92 Å². The number of aromatic nitrogens is 3. The van der Waals surface area contributed by atoms with Crippen molar-refractivity contribution >= 4 is 29.2 Å². The summed E-state index contributed by atoms with van der Waals surface area (Å²) in [5.41, 5.74) is -0.834. The van der Waals surface area contributed by atoms with Crippen LogP contribution in [0.4, 0.5) is 5.95 Å². The van der Waals surface area contributed by atoms with Crippen molar-refractivity contribution in [3.63, 3.8) is 0 Å². The van der Waals surface area contributed by atoms with Crippen molar-refractivity contribution in [3.05, 3.63) is 10.6 Å². The van der Waals surface area contributed by atoms with Crippen LogP contribution in [0.2, 0.25) is 10.6 Å². The predicted molar refractivity (Wildman–Crippen MR) is 68.4 cm³/mol. The molecule has 1 heterocycles. The van der Waals surface area contributed by atoms with Gasteiger partial charge in [0.2, 0.25) is 16.5 Å². The van der Waals surface area contributed by atoms with Gasteiger partial charge in [0.1, 0.15) is 0 Å². The molecule has 5 nitrogen and oxygen atoms in total. The minimum Gasteiger partial charge on any atom is -0.388 e. The van der Waals surface area contributed by atoms with Crippen LogP contribution in [0, 0.1) is 5.92 Å². The highest BCUT2D eigenvalue weighted by Gasteiger charge is 2.22. The third-order valence-corrected chi connectivity index (χ3v) is 2.39. The lowest BCUT2D eigenvalue weighted by Crippen LogP contribution is -2.35. The van der Waals surface area contributed by atoms with Gasteiger partial charge in [0.15, 0.2) is 0 Å². The second-order valence-electron chi connectivity index (χ2n) is 4.65. The van der Waals surface area contributed by atoms with E-state index in [0.29, 0.717) is 18.9 Å². The molecule has 0 spiro atoms. The summed E-state index contributed by atoms with van der Waals surface area (Å²) in [6, 6.07) is 0. The van der Waals surface area contributed by atoms with E-state index in [0.717, 1.165) is 0 Å². The van der Waals surface area contributed by atoms with Crippen molar-refractivity contribution < 1.29 is 5.11 Å². The van der Waals surface area contributed by atoms with Gasteiger partial charge in [0, 0.05) is 6.54 Å². The number of anilines is 1. The van der Waals surface area contributed by atoms with Gasteiger partial charge in [0.05, 0.1) is 5.60 Å². The number of nitrogens with one attached hydrogen (secondary N) is 1. The maximum Gasteiger partial charge on any atom is 0.228 e. The van der Waals surface area contributed by atoms with Crippen molar-refractivity contribution in [3.8, 4) is 0 Å². The van der Waals surface area contributed by atoms with Crippen LogP contribution in [0.25, 0.3) is 0 Å². The zero-order chi connectivity index (χ0) is 13.1. The Morgan fingerprint density at radius 2 is 1.76 bits per heavy atom. The van der Waals surface area contributed by atoms with Crippen LogP contribution in [0.3, 0.4) is 0 Å². The van der Waals surface area contributed by atoms with E-state index in [-0.39, 0.29) is 16.5 Å². The second-order valence-corrected chi connectivity index (χ2v) is 5.32. The Hall–Kier alpha value is -0.650. The van der Waals surface area contributed by atoms with Gasteiger partial charge in [0.25, 0.3) is 0 Å². The molecule has 0 aromatic carbocycles. The number of hydrogen-bond acceptors (Lipinski definition) is 5. The molecule has 0 aliphatic heterocycles. The van der Waals surface area contributed by atoms with Crippen LogP contribution in [0.5, 0.6) is 0 Å². The Morgan fingerprint density at radius 1 is 1.24 bits per heavy atom. The first-order valence-electron chi connectivity index (χ1n) is 5.32. The molecule has 1 aromatic rings. The molecular weight excluding hydrogens is 263 g/mol. The van der Waals surface area contributed by atoms with Crippen molar-refractivity contribution in [1.82, 2.24) is 15.0 Å². The standard InChI is InChI=1S/C10H16Cl2N4O/c1-6(2)4-10(3,17)5-13-9-15-7(11)14-8(12)16-9/h6,17H,4-5H2,1-3H3,(H,13,14,15,16). The number of rotatable bonds is 5. The lowest BCUT2D eigenvalue weighted by Gasteiger charge is -2.25. The highest BCUT2D eigenvalue weighted by molar-refractivity contribution is 6.31. The Labute approximate surface area is 111 Å². The monoisotopic (exact) mass is 278 g/mol. The van der Waals surface area contributed by atoms with Crippen LogP contribution in [-0.2, 0) is 0 Å². The summed E-state index contributed by atoms with van der Waals surface area (Å²) < 4.78 is 0. The summed E-state index contributed by atoms with van der Waals surface area (Å²) in [4.78, 5) is 11.3. The van der Waals surface area contributed by atoms with Gasteiger partial charge in [-0.25, -0.2) is 0 Å². The molecular formula is C10H16Cl2N4O. The summed E-state index contributed by atoms with van der Waals surface area (Å²) in [7, 11) is 0. The van der Waals surface area contributed by atoms with Gasteiger partial charge in [-0.15, -0.1) is 0 Å². The molecule has 7 heteroatoms. The molecule has 0 radical (unpaired) electrons. The van der Waals surface area contributed by atoms with Crippen molar-refractivity contribution in [2.45, 2.75) is 32.8 Å². The van der Waals surface area contributed by atoms with Gasteiger partial charge in [-0.05, 0) is 42.5 Å². The van der Waals surface area contributed by atoms with E-state index >= 15 is 0 Å². The molecule has 96 valence electrons. The number of hydrogen-bond donors (Lipinski definition) is 2. The molecule has 0 saturated heterocycles. The fraction of sp³-hybridized carbons (Fsp3) is 0.700. The first-order chi connectivity index (χ1) is 7.78. The maximum absolute atomic E-state index is 10.1. The highest BCUT2D eigenvalue weighted by Crippen LogP contribution is 2.17. The van der Waals surface area contributed by atoms with E-state index < -0.39 is 5.60 Å². The molecule has 0 saturated carbocycles. The largest absolute Gasteiger partial charge is 0.388 e. The molecule has 0 aliphatic carbocycles. The van der Waals surface area contributed by atoms with E-state index in [2.05, 4.69) is 20.3 Å². The van der Waals surface area contributed by atoms with Gasteiger partial charge in [-0.1, -0.05) is 13.8 Å². The average molecular weight is 279 g/mol. The van der Waals surface area contributed by atoms with Crippen LogP contribution >= 0.6 is 23.2 Å². The van der Waals surface area contributed by atoms with E-state index in [1.807, 2.05) is 13.8 Å². The maximum atomic E-state index is 10.1. The third kappa shape index (κ3) is 5.48. The van der Waals surface area contributed by atoms with Crippen LogP contribution in [0.15, 0.2) is 0 Å². The molecule has 1 aromatic heterocycles. The fourth-order valence-electron chi connectivity index (χ4n) is 1.63. The van der Waals surface area contributed by atoms with Crippen molar-refractivity contribution in [1.29, 1.82) is 0 Å². The fourth-order valence-corrected chi connectivity index (χ4v) is 1.99. The minimum absolute atomic E-state index is 0.0241. The summed E-state index contributed by atoms with van der Waals surface area (Å²) in [6.07, 6.45) is 0.673. The third-order valence-electron chi connectivity index (χ3n) is 2.06. The molecule has 1 atom stereocenters. The minimum atomic E-state index is -0.834. The first kappa shape index (κ1) is 14.4. The number of nitrogens with zero attached hydrogens (tertiary/aromatic N) is 3. The normalized spacial score (nSPS) is 14.8. The van der Waals surface area contributed by atoms with Gasteiger partial charge in [-0.3, -0.25) is 0 Å². The number of halogens is 2. The second kappa shape index (κ2) is 5.80. The Balaban J connectivity index is 2.60. The smallest absolute Gasteiger partial charge is 0.228 e. The molecule has 0 bridgehead atoms. The molecule has 1 unspecified atom stereocenters. The zero-order valence-electron chi connectivity index (χ0n) is 10.0. The van der Waals surface area contributed by atoms with E-state index in [1.165, 1.54) is 0 Å². The summed E-state index contributed by atoms with van der Waals surface area (Å²) in [5, 5.41) is 13.0. The molecule has 0 aliphatic rings. The lowest BCUT2D eigenvalue weighted by atomic mass is 9.94. The number of aliphatic hydroxyl groups is 1. The van der Waals surface area contributed by atoms with E-state index in [4.69, 9.17) is 23.2 Å². The SMILES string of the molecule is CC(C)CC(C)(O)CNc1nc(Cl)nc(Cl)n1. The summed E-state index contributed by atoms with van der Waals surface area (Å²) in [6.45, 7) is 6.17.